The Morgan fingerprint density at radius 3 is 2.60 bits per heavy atom. The van der Waals surface area contributed by atoms with Crippen molar-refractivity contribution < 1.29 is 9.59 Å². The molecule has 3 heterocycles. The highest BCUT2D eigenvalue weighted by atomic mass is 32.2. The Kier molecular flexibility index (Phi) is 4.53. The third-order valence-electron chi connectivity index (χ3n) is 5.80. The van der Waals surface area contributed by atoms with E-state index in [-0.39, 0.29) is 29.5 Å². The molecule has 2 aromatic carbocycles. The van der Waals surface area contributed by atoms with E-state index in [1.807, 2.05) is 55.5 Å². The molecule has 0 saturated carbocycles. The van der Waals surface area contributed by atoms with Gasteiger partial charge in [0, 0.05) is 42.2 Å². The van der Waals surface area contributed by atoms with Crippen molar-refractivity contribution in [1.82, 2.24) is 4.90 Å². The molecule has 0 aliphatic carbocycles. The monoisotopic (exact) mass is 430 g/mol. The van der Waals surface area contributed by atoms with Gasteiger partial charge in [-0.2, -0.15) is 5.26 Å². The van der Waals surface area contributed by atoms with Crippen LogP contribution in [-0.4, -0.2) is 28.5 Å². The van der Waals surface area contributed by atoms with Crippen LogP contribution in [0.4, 0.5) is 0 Å². The fourth-order valence-corrected chi connectivity index (χ4v) is 6.95. The molecule has 6 heteroatoms. The van der Waals surface area contributed by atoms with Gasteiger partial charge in [-0.3, -0.25) is 14.5 Å². The van der Waals surface area contributed by atoms with Crippen molar-refractivity contribution in [2.45, 2.75) is 29.9 Å². The second-order valence-electron chi connectivity index (χ2n) is 7.51. The van der Waals surface area contributed by atoms with E-state index in [0.29, 0.717) is 11.1 Å². The van der Waals surface area contributed by atoms with Crippen LogP contribution in [0.25, 0.3) is 15.7 Å². The van der Waals surface area contributed by atoms with Gasteiger partial charge in [-0.1, -0.05) is 43.3 Å². The number of nitriles is 1. The fourth-order valence-electron chi connectivity index (χ4n) is 4.57. The summed E-state index contributed by atoms with van der Waals surface area (Å²) in [6, 6.07) is 18.0. The first-order chi connectivity index (χ1) is 14.5. The van der Waals surface area contributed by atoms with Crippen LogP contribution in [0.2, 0.25) is 0 Å². The lowest BCUT2D eigenvalue weighted by Crippen LogP contribution is -2.33. The summed E-state index contributed by atoms with van der Waals surface area (Å²) in [5.41, 5.74) is 2.93. The van der Waals surface area contributed by atoms with Crippen LogP contribution < -0.4 is 0 Å². The molecule has 0 unspecified atom stereocenters. The summed E-state index contributed by atoms with van der Waals surface area (Å²) in [6.45, 7) is 3.86. The van der Waals surface area contributed by atoms with Crippen molar-refractivity contribution in [2.75, 3.05) is 6.54 Å². The molecule has 0 spiro atoms. The molecule has 0 bridgehead atoms. The quantitative estimate of drug-likeness (QED) is 0.427. The maximum atomic E-state index is 13.5. The van der Waals surface area contributed by atoms with Gasteiger partial charge in [0.25, 0.3) is 11.8 Å². The first kappa shape index (κ1) is 19.1. The Balaban J connectivity index is 1.81. The Hall–Kier alpha value is -2.88. The van der Waals surface area contributed by atoms with E-state index in [2.05, 4.69) is 13.0 Å². The van der Waals surface area contributed by atoms with E-state index in [1.54, 1.807) is 23.1 Å². The molecule has 148 valence electrons. The number of hydrogen-bond donors (Lipinski definition) is 0. The second-order valence-corrected chi connectivity index (χ2v) is 10.2. The minimum Gasteiger partial charge on any atom is -0.269 e. The Morgan fingerprint density at radius 1 is 1.07 bits per heavy atom. The van der Waals surface area contributed by atoms with E-state index in [4.69, 9.17) is 0 Å². The van der Waals surface area contributed by atoms with E-state index < -0.39 is 0 Å². The Morgan fingerprint density at radius 2 is 1.80 bits per heavy atom. The van der Waals surface area contributed by atoms with Gasteiger partial charge in [-0.05, 0) is 24.6 Å². The number of rotatable bonds is 3. The zero-order valence-corrected chi connectivity index (χ0v) is 18.1. The molecule has 0 saturated heterocycles. The number of fused-ring (bicyclic) bond motifs is 2. The molecule has 1 aromatic heterocycles. The maximum Gasteiger partial charge on any atom is 0.262 e. The highest BCUT2D eigenvalue weighted by Gasteiger charge is 2.47. The average molecular weight is 431 g/mol. The van der Waals surface area contributed by atoms with Gasteiger partial charge in [0.15, 0.2) is 0 Å². The third kappa shape index (κ3) is 2.66. The molecule has 3 aromatic rings. The van der Waals surface area contributed by atoms with Crippen molar-refractivity contribution in [3.8, 4) is 6.07 Å². The van der Waals surface area contributed by atoms with Crippen molar-refractivity contribution in [3.05, 3.63) is 70.1 Å². The smallest absolute Gasteiger partial charge is 0.262 e. The maximum absolute atomic E-state index is 13.5. The van der Waals surface area contributed by atoms with Crippen molar-refractivity contribution in [1.29, 1.82) is 5.26 Å². The topological polar surface area (TPSA) is 61.2 Å². The van der Waals surface area contributed by atoms with Crippen LogP contribution in [0, 0.1) is 18.3 Å². The van der Waals surface area contributed by atoms with E-state index in [0.717, 1.165) is 35.9 Å². The van der Waals surface area contributed by atoms with Gasteiger partial charge < -0.3 is 0 Å². The number of thioether (sulfide) groups is 1. The summed E-state index contributed by atoms with van der Waals surface area (Å²) in [5, 5.41) is 10.4. The largest absolute Gasteiger partial charge is 0.269 e. The van der Waals surface area contributed by atoms with Gasteiger partial charge in [-0.15, -0.1) is 23.1 Å². The number of amides is 2. The van der Waals surface area contributed by atoms with Crippen LogP contribution in [0.1, 0.15) is 28.8 Å². The highest BCUT2D eigenvalue weighted by molar-refractivity contribution is 8.00. The fraction of sp³-hybridized carbons (Fsp3) is 0.208. The Labute approximate surface area is 182 Å². The summed E-state index contributed by atoms with van der Waals surface area (Å²) < 4.78 is 1.09. The molecule has 30 heavy (non-hydrogen) atoms. The molecule has 0 N–H and O–H groups in total. The zero-order chi connectivity index (χ0) is 21.0. The highest BCUT2D eigenvalue weighted by Crippen LogP contribution is 2.53. The number of nitrogens with zero attached hydrogens (tertiary/aromatic N) is 2. The number of imide groups is 1. The predicted molar refractivity (Wildman–Crippen MR) is 120 cm³/mol. The van der Waals surface area contributed by atoms with Gasteiger partial charge in [-0.25, -0.2) is 0 Å². The molecule has 2 amide bonds. The lowest BCUT2D eigenvalue weighted by molar-refractivity contribution is -0.136. The van der Waals surface area contributed by atoms with Crippen LogP contribution in [0.3, 0.4) is 0 Å². The van der Waals surface area contributed by atoms with Crippen molar-refractivity contribution >= 4 is 50.6 Å². The van der Waals surface area contributed by atoms with Gasteiger partial charge in [0.2, 0.25) is 0 Å². The molecule has 0 radical (unpaired) electrons. The number of carbonyl (C=O) groups is 2. The molecule has 5 rings (SSSR count). The third-order valence-corrected chi connectivity index (χ3v) is 8.16. The lowest BCUT2D eigenvalue weighted by Gasteiger charge is -2.18. The summed E-state index contributed by atoms with van der Waals surface area (Å²) in [4.78, 5) is 30.2. The summed E-state index contributed by atoms with van der Waals surface area (Å²) >= 11 is 3.36. The van der Waals surface area contributed by atoms with E-state index >= 15 is 0 Å². The number of carbonyl (C=O) groups excluding carboxylic acids is 2. The number of thiophene rings is 1. The van der Waals surface area contributed by atoms with Crippen LogP contribution in [0.5, 0.6) is 0 Å². The van der Waals surface area contributed by atoms with Crippen molar-refractivity contribution in [3.63, 3.8) is 0 Å². The number of aryl methyl sites for hydroxylation is 1. The van der Waals surface area contributed by atoms with Gasteiger partial charge in [0.05, 0.1) is 11.6 Å². The van der Waals surface area contributed by atoms with Crippen LogP contribution in [-0.2, 0) is 9.59 Å². The molecular formula is C24H18N2O2S2. The number of hydrogen-bond acceptors (Lipinski definition) is 5. The molecule has 2 aliphatic rings. The standard InChI is InChI=1S/C24H18N2O2S2/c1-13-19(15-7-3-5-9-17(15)29-13)21-22(24(28)26(12-11-25)23(21)27)20-14(2)30-18-10-6-4-8-16(18)20/h3-10,13,19H,12H2,1-2H3/t13-,19+/m1/s1. The van der Waals surface area contributed by atoms with Crippen LogP contribution in [0.15, 0.2) is 59.0 Å². The summed E-state index contributed by atoms with van der Waals surface area (Å²) in [7, 11) is 0. The molecule has 2 atom stereocenters. The normalized spacial score (nSPS) is 20.9. The minimum atomic E-state index is -0.357. The van der Waals surface area contributed by atoms with E-state index in [9.17, 15) is 14.9 Å². The predicted octanol–water partition coefficient (Wildman–Crippen LogP) is 5.13. The first-order valence-corrected chi connectivity index (χ1v) is 11.4. The van der Waals surface area contributed by atoms with E-state index in [1.165, 1.54) is 0 Å². The molecule has 4 nitrogen and oxygen atoms in total. The Bertz CT molecular complexity index is 1300. The van der Waals surface area contributed by atoms with Gasteiger partial charge in [0.1, 0.15) is 6.54 Å². The lowest BCUT2D eigenvalue weighted by atomic mass is 9.84. The number of benzene rings is 2. The summed E-state index contributed by atoms with van der Waals surface area (Å²) in [6.07, 6.45) is 0. The molecule has 0 fully saturated rings. The zero-order valence-electron chi connectivity index (χ0n) is 16.5. The van der Waals surface area contributed by atoms with Gasteiger partial charge >= 0.3 is 0 Å². The second kappa shape index (κ2) is 7.12. The minimum absolute atomic E-state index is 0.122. The molecular weight excluding hydrogens is 412 g/mol. The van der Waals surface area contributed by atoms with Crippen LogP contribution >= 0.6 is 23.1 Å². The van der Waals surface area contributed by atoms with Crippen molar-refractivity contribution in [2.24, 2.45) is 0 Å². The molecule has 2 aliphatic heterocycles. The summed E-state index contributed by atoms with van der Waals surface area (Å²) in [5.74, 6) is -0.871. The first-order valence-electron chi connectivity index (χ1n) is 9.74. The SMILES string of the molecule is Cc1sc2ccccc2c1C1=C([C@@H]2c3ccccc3S[C@@H]2C)C(=O)N(CC#N)C1=O. The average Bonchev–Trinajstić information content (AvgIpc) is 3.31.